The third kappa shape index (κ3) is 4.58. The molecule has 1 heterocycles. The van der Waals surface area contributed by atoms with Gasteiger partial charge in [0.25, 0.3) is 0 Å². The van der Waals surface area contributed by atoms with E-state index >= 15 is 0 Å². The van der Waals surface area contributed by atoms with Crippen molar-refractivity contribution in [1.29, 1.82) is 0 Å². The van der Waals surface area contributed by atoms with Crippen LogP contribution in [0.2, 0.25) is 0 Å². The second-order valence-electron chi connectivity index (χ2n) is 6.85. The van der Waals surface area contributed by atoms with E-state index < -0.39 is 24.0 Å². The number of methoxy groups -OCH3 is 2. The van der Waals surface area contributed by atoms with Gasteiger partial charge in [0.15, 0.2) is 0 Å². The SMILES string of the molecule is COC(=O)C1[C@H](C(=O)OC)N(Cc2ccccc2)CCN1Cc1ccccc1. The van der Waals surface area contributed by atoms with E-state index in [1.165, 1.54) is 14.2 Å². The lowest BCUT2D eigenvalue weighted by molar-refractivity contribution is -0.166. The zero-order valence-electron chi connectivity index (χ0n) is 16.3. The Labute approximate surface area is 165 Å². The number of hydrogen-bond acceptors (Lipinski definition) is 6. The molecule has 0 amide bonds. The van der Waals surface area contributed by atoms with Gasteiger partial charge in [-0.25, -0.2) is 0 Å². The normalized spacial score (nSPS) is 20.5. The molecule has 1 fully saturated rings. The van der Waals surface area contributed by atoms with Gasteiger partial charge in [-0.2, -0.15) is 0 Å². The molecule has 0 aromatic heterocycles. The fourth-order valence-corrected chi connectivity index (χ4v) is 3.72. The van der Waals surface area contributed by atoms with Crippen molar-refractivity contribution in [2.24, 2.45) is 0 Å². The fraction of sp³-hybridized carbons (Fsp3) is 0.364. The second-order valence-corrected chi connectivity index (χ2v) is 6.85. The van der Waals surface area contributed by atoms with Crippen LogP contribution in [0.15, 0.2) is 60.7 Å². The van der Waals surface area contributed by atoms with Gasteiger partial charge in [-0.15, -0.1) is 0 Å². The number of esters is 2. The molecular formula is C22H26N2O4. The molecule has 0 radical (unpaired) electrons. The van der Waals surface area contributed by atoms with Gasteiger partial charge in [-0.1, -0.05) is 60.7 Å². The molecule has 28 heavy (non-hydrogen) atoms. The molecule has 6 heteroatoms. The molecule has 0 saturated carbocycles. The summed E-state index contributed by atoms with van der Waals surface area (Å²) in [6.07, 6.45) is 0. The lowest BCUT2D eigenvalue weighted by Gasteiger charge is -2.44. The van der Waals surface area contributed by atoms with Crippen molar-refractivity contribution < 1.29 is 19.1 Å². The zero-order valence-corrected chi connectivity index (χ0v) is 16.3. The van der Waals surface area contributed by atoms with Crippen LogP contribution < -0.4 is 0 Å². The molecule has 1 aliphatic heterocycles. The van der Waals surface area contributed by atoms with Gasteiger partial charge in [0.2, 0.25) is 0 Å². The monoisotopic (exact) mass is 382 g/mol. The van der Waals surface area contributed by atoms with Crippen molar-refractivity contribution in [2.75, 3.05) is 27.3 Å². The van der Waals surface area contributed by atoms with Crippen LogP contribution in [-0.4, -0.2) is 61.1 Å². The Morgan fingerprint density at radius 1 is 0.750 bits per heavy atom. The quantitative estimate of drug-likeness (QED) is 0.713. The van der Waals surface area contributed by atoms with Gasteiger partial charge in [0, 0.05) is 26.2 Å². The molecule has 148 valence electrons. The first kappa shape index (κ1) is 20.0. The molecule has 0 aliphatic carbocycles. The minimum absolute atomic E-state index is 0.427. The van der Waals surface area contributed by atoms with Gasteiger partial charge in [0.1, 0.15) is 12.1 Å². The van der Waals surface area contributed by atoms with Crippen LogP contribution in [0.3, 0.4) is 0 Å². The highest BCUT2D eigenvalue weighted by atomic mass is 16.5. The van der Waals surface area contributed by atoms with Gasteiger partial charge < -0.3 is 9.47 Å². The van der Waals surface area contributed by atoms with Gasteiger partial charge in [-0.3, -0.25) is 19.4 Å². The van der Waals surface area contributed by atoms with Gasteiger partial charge in [0.05, 0.1) is 14.2 Å². The van der Waals surface area contributed by atoms with E-state index in [4.69, 9.17) is 9.47 Å². The van der Waals surface area contributed by atoms with Gasteiger partial charge >= 0.3 is 11.9 Å². The first-order chi connectivity index (χ1) is 13.6. The van der Waals surface area contributed by atoms with Crippen molar-refractivity contribution >= 4 is 11.9 Å². The smallest absolute Gasteiger partial charge is 0.325 e. The predicted octanol–water partition coefficient (Wildman–Crippen LogP) is 2.09. The van der Waals surface area contributed by atoms with Crippen LogP contribution >= 0.6 is 0 Å². The highest BCUT2D eigenvalue weighted by molar-refractivity contribution is 5.87. The van der Waals surface area contributed by atoms with E-state index in [0.717, 1.165) is 11.1 Å². The predicted molar refractivity (Wildman–Crippen MR) is 105 cm³/mol. The Morgan fingerprint density at radius 2 is 1.11 bits per heavy atom. The molecule has 6 nitrogen and oxygen atoms in total. The number of benzene rings is 2. The average Bonchev–Trinajstić information content (AvgIpc) is 2.74. The van der Waals surface area contributed by atoms with Crippen molar-refractivity contribution in [2.45, 2.75) is 25.2 Å². The third-order valence-corrected chi connectivity index (χ3v) is 5.10. The summed E-state index contributed by atoms with van der Waals surface area (Å²) in [6, 6.07) is 18.4. The number of hydrogen-bond donors (Lipinski definition) is 0. The maximum Gasteiger partial charge on any atom is 0.325 e. The summed E-state index contributed by atoms with van der Waals surface area (Å²) in [5.41, 5.74) is 2.16. The third-order valence-electron chi connectivity index (χ3n) is 5.10. The first-order valence-corrected chi connectivity index (χ1v) is 9.35. The topological polar surface area (TPSA) is 59.1 Å². The van der Waals surface area contributed by atoms with E-state index in [2.05, 4.69) is 0 Å². The number of carbonyl (C=O) groups excluding carboxylic acids is 2. The van der Waals surface area contributed by atoms with Crippen molar-refractivity contribution in [3.05, 3.63) is 71.8 Å². The van der Waals surface area contributed by atoms with Crippen LogP contribution in [0, 0.1) is 0 Å². The minimum atomic E-state index is -0.727. The standard InChI is InChI=1S/C22H26N2O4/c1-27-21(25)19-20(22(26)28-2)24(16-18-11-7-4-8-12-18)14-13-23(19)15-17-9-5-3-6-10-17/h3-12,19-20H,13-16H2,1-2H3/t19-,20?/m1/s1. The largest absolute Gasteiger partial charge is 0.468 e. The second kappa shape index (κ2) is 9.48. The summed E-state index contributed by atoms with van der Waals surface area (Å²) >= 11 is 0. The molecular weight excluding hydrogens is 356 g/mol. The molecule has 2 aromatic carbocycles. The van der Waals surface area contributed by atoms with Crippen molar-refractivity contribution in [3.8, 4) is 0 Å². The van der Waals surface area contributed by atoms with Crippen molar-refractivity contribution in [1.82, 2.24) is 9.80 Å². The summed E-state index contributed by atoms with van der Waals surface area (Å²) in [5, 5.41) is 0. The number of nitrogens with zero attached hydrogens (tertiary/aromatic N) is 2. The highest BCUT2D eigenvalue weighted by Crippen LogP contribution is 2.24. The number of rotatable bonds is 6. The molecule has 0 N–H and O–H groups in total. The molecule has 2 atom stereocenters. The van der Waals surface area contributed by atoms with Crippen LogP contribution in [0.5, 0.6) is 0 Å². The molecule has 0 spiro atoms. The lowest BCUT2D eigenvalue weighted by Crippen LogP contribution is -2.64. The van der Waals surface area contributed by atoms with Crippen LogP contribution in [0.25, 0.3) is 0 Å². The molecule has 1 saturated heterocycles. The summed E-state index contributed by atoms with van der Waals surface area (Å²) in [5.74, 6) is -0.854. The Kier molecular flexibility index (Phi) is 6.79. The molecule has 1 unspecified atom stereocenters. The first-order valence-electron chi connectivity index (χ1n) is 9.35. The molecule has 3 rings (SSSR count). The summed E-state index contributed by atoms with van der Waals surface area (Å²) in [4.78, 5) is 29.4. The van der Waals surface area contributed by atoms with E-state index in [9.17, 15) is 9.59 Å². The summed E-state index contributed by atoms with van der Waals surface area (Å²) < 4.78 is 10.1. The maximum atomic E-state index is 12.7. The Morgan fingerprint density at radius 3 is 1.43 bits per heavy atom. The fourth-order valence-electron chi connectivity index (χ4n) is 3.72. The Bertz CT molecular complexity index is 714. The van der Waals surface area contributed by atoms with Gasteiger partial charge in [-0.05, 0) is 11.1 Å². The molecule has 2 aromatic rings. The van der Waals surface area contributed by atoms with E-state index in [1.54, 1.807) is 0 Å². The lowest BCUT2D eigenvalue weighted by atomic mass is 9.99. The van der Waals surface area contributed by atoms with E-state index in [1.807, 2.05) is 70.5 Å². The molecule has 1 aliphatic rings. The summed E-state index contributed by atoms with van der Waals surface area (Å²) in [7, 11) is 2.71. The average molecular weight is 382 g/mol. The summed E-state index contributed by atoms with van der Waals surface area (Å²) in [6.45, 7) is 2.42. The zero-order chi connectivity index (χ0) is 19.9. The maximum absolute atomic E-state index is 12.7. The van der Waals surface area contributed by atoms with Crippen molar-refractivity contribution in [3.63, 3.8) is 0 Å². The molecule has 0 bridgehead atoms. The van der Waals surface area contributed by atoms with Crippen LogP contribution in [-0.2, 0) is 32.2 Å². The van der Waals surface area contributed by atoms with E-state index in [-0.39, 0.29) is 0 Å². The van der Waals surface area contributed by atoms with Crippen LogP contribution in [0.1, 0.15) is 11.1 Å². The highest BCUT2D eigenvalue weighted by Gasteiger charge is 2.46. The minimum Gasteiger partial charge on any atom is -0.468 e. The Balaban J connectivity index is 1.89. The number of carbonyl (C=O) groups is 2. The van der Waals surface area contributed by atoms with Crippen LogP contribution in [0.4, 0.5) is 0 Å². The number of ether oxygens (including phenoxy) is 2. The van der Waals surface area contributed by atoms with E-state index in [0.29, 0.717) is 26.2 Å². The Hall–Kier alpha value is -2.70. The number of piperazine rings is 1.